The van der Waals surface area contributed by atoms with Crippen LogP contribution in [0.4, 0.5) is 0 Å². The van der Waals surface area contributed by atoms with Gasteiger partial charge in [0, 0.05) is 41.7 Å². The van der Waals surface area contributed by atoms with Gasteiger partial charge < -0.3 is 4.90 Å². The molecule has 2 unspecified atom stereocenters. The van der Waals surface area contributed by atoms with Crippen molar-refractivity contribution in [1.29, 1.82) is 0 Å². The number of fused-ring (bicyclic) bond motifs is 1. The summed E-state index contributed by atoms with van der Waals surface area (Å²) in [5.41, 5.74) is 3.07. The van der Waals surface area contributed by atoms with Crippen molar-refractivity contribution in [3.8, 4) is 11.1 Å². The zero-order valence-corrected chi connectivity index (χ0v) is 17.1. The number of rotatable bonds is 3. The average molecular weight is 380 g/mol. The number of aromatic nitrogens is 4. The van der Waals surface area contributed by atoms with Crippen LogP contribution in [0.2, 0.25) is 0 Å². The maximum atomic E-state index is 12.7. The summed E-state index contributed by atoms with van der Waals surface area (Å²) in [4.78, 5) is 14.7. The van der Waals surface area contributed by atoms with E-state index in [4.69, 9.17) is 0 Å². The largest absolute Gasteiger partial charge is 0.340 e. The predicted molar refractivity (Wildman–Crippen MR) is 111 cm³/mol. The molecule has 6 nitrogen and oxygen atoms in total. The Morgan fingerprint density at radius 1 is 1.25 bits per heavy atom. The number of amides is 1. The van der Waals surface area contributed by atoms with Crippen molar-refractivity contribution in [2.45, 2.75) is 53.1 Å². The molecule has 1 aromatic carbocycles. The van der Waals surface area contributed by atoms with E-state index in [1.165, 1.54) is 0 Å². The molecule has 2 aromatic heterocycles. The second-order valence-corrected chi connectivity index (χ2v) is 9.08. The van der Waals surface area contributed by atoms with Crippen LogP contribution in [0.1, 0.15) is 40.5 Å². The molecule has 6 heteroatoms. The standard InChI is InChI=1S/C22H29N5O/c1-15-9-16(7-8-26(15)21(28)22(2,3)4)14-27-20-6-5-17(10-18(20)13-25-27)19-11-23-24-12-19/h5-6,10-13,15-16H,7-9,14H2,1-4H3,(H,23,24). The maximum Gasteiger partial charge on any atom is 0.228 e. The molecule has 1 aliphatic heterocycles. The minimum atomic E-state index is -0.314. The van der Waals surface area contributed by atoms with E-state index < -0.39 is 0 Å². The van der Waals surface area contributed by atoms with Gasteiger partial charge in [0.1, 0.15) is 0 Å². The Kier molecular flexibility index (Phi) is 4.73. The van der Waals surface area contributed by atoms with Crippen LogP contribution in [0.15, 0.2) is 36.8 Å². The van der Waals surface area contributed by atoms with Crippen molar-refractivity contribution < 1.29 is 4.79 Å². The van der Waals surface area contributed by atoms with Gasteiger partial charge in [0.25, 0.3) is 0 Å². The van der Waals surface area contributed by atoms with Gasteiger partial charge in [0.05, 0.1) is 17.9 Å². The van der Waals surface area contributed by atoms with Gasteiger partial charge in [-0.1, -0.05) is 26.8 Å². The molecule has 1 fully saturated rings. The molecule has 0 aliphatic carbocycles. The van der Waals surface area contributed by atoms with Gasteiger partial charge in [0.2, 0.25) is 5.91 Å². The van der Waals surface area contributed by atoms with Gasteiger partial charge in [-0.15, -0.1) is 0 Å². The first-order chi connectivity index (χ1) is 13.3. The van der Waals surface area contributed by atoms with Crippen LogP contribution < -0.4 is 0 Å². The second-order valence-electron chi connectivity index (χ2n) is 9.08. The molecule has 1 aliphatic rings. The maximum absolute atomic E-state index is 12.7. The highest BCUT2D eigenvalue weighted by Crippen LogP contribution is 2.30. The number of hydrogen-bond acceptors (Lipinski definition) is 3. The monoisotopic (exact) mass is 379 g/mol. The van der Waals surface area contributed by atoms with Gasteiger partial charge in [-0.2, -0.15) is 10.2 Å². The topological polar surface area (TPSA) is 66.8 Å². The smallest absolute Gasteiger partial charge is 0.228 e. The van der Waals surface area contributed by atoms with E-state index in [1.54, 1.807) is 0 Å². The van der Waals surface area contributed by atoms with E-state index in [0.717, 1.165) is 48.0 Å². The number of H-pyrrole nitrogens is 1. The van der Waals surface area contributed by atoms with Crippen molar-refractivity contribution >= 4 is 16.8 Å². The van der Waals surface area contributed by atoms with Crippen molar-refractivity contribution in [3.05, 3.63) is 36.8 Å². The van der Waals surface area contributed by atoms with Crippen LogP contribution in [0, 0.1) is 11.3 Å². The van der Waals surface area contributed by atoms with E-state index in [0.29, 0.717) is 5.92 Å². The SMILES string of the molecule is CC1CC(Cn2ncc3cc(-c4cn[nH]c4)ccc32)CCN1C(=O)C(C)(C)C. The molecule has 3 aromatic rings. The summed E-state index contributed by atoms with van der Waals surface area (Å²) < 4.78 is 2.12. The van der Waals surface area contributed by atoms with E-state index in [1.807, 2.05) is 39.4 Å². The van der Waals surface area contributed by atoms with Gasteiger partial charge in [0.15, 0.2) is 0 Å². The summed E-state index contributed by atoms with van der Waals surface area (Å²) in [7, 11) is 0. The number of nitrogens with zero attached hydrogens (tertiary/aromatic N) is 4. The Morgan fingerprint density at radius 2 is 2.07 bits per heavy atom. The Bertz CT molecular complexity index is 967. The highest BCUT2D eigenvalue weighted by molar-refractivity contribution is 5.84. The third-order valence-electron chi connectivity index (χ3n) is 5.79. The summed E-state index contributed by atoms with van der Waals surface area (Å²) in [6.45, 7) is 9.92. The number of benzene rings is 1. The number of aromatic amines is 1. The van der Waals surface area contributed by atoms with Crippen LogP contribution in [0.5, 0.6) is 0 Å². The molecule has 148 valence electrons. The van der Waals surface area contributed by atoms with Crippen molar-refractivity contribution in [2.75, 3.05) is 6.54 Å². The highest BCUT2D eigenvalue weighted by atomic mass is 16.2. The molecular formula is C22H29N5O. The first kappa shape index (κ1) is 18.7. The number of piperidine rings is 1. The van der Waals surface area contributed by atoms with Gasteiger partial charge in [-0.25, -0.2) is 0 Å². The molecule has 0 saturated carbocycles. The number of carbonyl (C=O) groups excluding carboxylic acids is 1. The number of hydrogen-bond donors (Lipinski definition) is 1. The molecular weight excluding hydrogens is 350 g/mol. The lowest BCUT2D eigenvalue weighted by molar-refractivity contribution is -0.143. The molecule has 1 N–H and O–H groups in total. The zero-order chi connectivity index (χ0) is 19.9. The minimum Gasteiger partial charge on any atom is -0.340 e. The third kappa shape index (κ3) is 3.55. The van der Waals surface area contributed by atoms with Crippen LogP contribution >= 0.6 is 0 Å². The fraction of sp³-hybridized carbons (Fsp3) is 0.500. The zero-order valence-electron chi connectivity index (χ0n) is 17.1. The lowest BCUT2D eigenvalue weighted by atomic mass is 9.87. The van der Waals surface area contributed by atoms with Crippen LogP contribution in [0.3, 0.4) is 0 Å². The number of carbonyl (C=O) groups is 1. The third-order valence-corrected chi connectivity index (χ3v) is 5.79. The molecule has 0 bridgehead atoms. The van der Waals surface area contributed by atoms with Gasteiger partial charge >= 0.3 is 0 Å². The van der Waals surface area contributed by atoms with Gasteiger partial charge in [-0.3, -0.25) is 14.6 Å². The van der Waals surface area contributed by atoms with E-state index in [-0.39, 0.29) is 17.4 Å². The van der Waals surface area contributed by atoms with E-state index in [9.17, 15) is 4.79 Å². The molecule has 4 rings (SSSR count). The number of nitrogens with one attached hydrogen (secondary N) is 1. The minimum absolute atomic E-state index is 0.259. The average Bonchev–Trinajstić information content (AvgIpc) is 3.30. The van der Waals surface area contributed by atoms with Crippen molar-refractivity contribution in [2.24, 2.45) is 11.3 Å². The van der Waals surface area contributed by atoms with Crippen LogP contribution in [0.25, 0.3) is 22.0 Å². The molecule has 0 spiro atoms. The summed E-state index contributed by atoms with van der Waals surface area (Å²) in [5.74, 6) is 0.797. The first-order valence-corrected chi connectivity index (χ1v) is 10.1. The summed E-state index contributed by atoms with van der Waals surface area (Å²) in [6.07, 6.45) is 7.73. The molecule has 1 amide bonds. The summed E-state index contributed by atoms with van der Waals surface area (Å²) >= 11 is 0. The Labute approximate surface area is 165 Å². The van der Waals surface area contributed by atoms with Crippen LogP contribution in [-0.4, -0.2) is 43.4 Å². The Hall–Kier alpha value is -2.63. The molecule has 2 atom stereocenters. The van der Waals surface area contributed by atoms with E-state index in [2.05, 4.69) is 50.0 Å². The Balaban J connectivity index is 1.47. The van der Waals surface area contributed by atoms with Crippen molar-refractivity contribution in [3.63, 3.8) is 0 Å². The first-order valence-electron chi connectivity index (χ1n) is 10.1. The van der Waals surface area contributed by atoms with Crippen molar-refractivity contribution in [1.82, 2.24) is 24.9 Å². The molecule has 28 heavy (non-hydrogen) atoms. The normalized spacial score (nSPS) is 20.6. The predicted octanol–water partition coefficient (Wildman–Crippen LogP) is 4.10. The fourth-order valence-electron chi connectivity index (χ4n) is 4.23. The summed E-state index contributed by atoms with van der Waals surface area (Å²) in [6, 6.07) is 6.71. The molecule has 1 saturated heterocycles. The quantitative estimate of drug-likeness (QED) is 0.745. The van der Waals surface area contributed by atoms with Crippen LogP contribution in [-0.2, 0) is 11.3 Å². The van der Waals surface area contributed by atoms with Gasteiger partial charge in [-0.05, 0) is 43.4 Å². The lowest BCUT2D eigenvalue weighted by Gasteiger charge is -2.40. The highest BCUT2D eigenvalue weighted by Gasteiger charge is 2.34. The lowest BCUT2D eigenvalue weighted by Crippen LogP contribution is -2.49. The van der Waals surface area contributed by atoms with E-state index >= 15 is 0 Å². The second kappa shape index (κ2) is 7.08. The molecule has 0 radical (unpaired) electrons. The number of likely N-dealkylation sites (tertiary alicyclic amines) is 1. The fourth-order valence-corrected chi connectivity index (χ4v) is 4.23. The Morgan fingerprint density at radius 3 is 2.75 bits per heavy atom. The molecule has 3 heterocycles. The summed E-state index contributed by atoms with van der Waals surface area (Å²) in [5, 5.41) is 12.7.